The van der Waals surface area contributed by atoms with Crippen LogP contribution in [0.15, 0.2) is 30.3 Å². The van der Waals surface area contributed by atoms with E-state index < -0.39 is 17.9 Å². The molecule has 110 valence electrons. The minimum absolute atomic E-state index is 0.0758. The summed E-state index contributed by atoms with van der Waals surface area (Å²) >= 11 is 0. The highest BCUT2D eigenvalue weighted by Gasteiger charge is 2.25. The van der Waals surface area contributed by atoms with Gasteiger partial charge in [0.05, 0.1) is 0 Å². The molecule has 5 nitrogen and oxygen atoms in total. The van der Waals surface area contributed by atoms with E-state index in [-0.39, 0.29) is 12.8 Å². The summed E-state index contributed by atoms with van der Waals surface area (Å²) in [6.45, 7) is 2.71. The van der Waals surface area contributed by atoms with Crippen molar-refractivity contribution in [2.75, 3.05) is 11.4 Å². The minimum atomic E-state index is -0.925. The number of hydrogen-bond acceptors (Lipinski definition) is 3. The summed E-state index contributed by atoms with van der Waals surface area (Å²) in [5.74, 6) is -1.40. The van der Waals surface area contributed by atoms with Crippen molar-refractivity contribution in [2.45, 2.75) is 38.6 Å². The SMILES string of the molecule is CCCCN(c1ccccc1)C(CCC(N)=O)C(=O)O. The van der Waals surface area contributed by atoms with E-state index in [1.807, 2.05) is 35.2 Å². The molecule has 0 radical (unpaired) electrons. The molecule has 1 atom stereocenters. The van der Waals surface area contributed by atoms with E-state index in [2.05, 4.69) is 6.92 Å². The number of aliphatic carboxylic acids is 1. The van der Waals surface area contributed by atoms with Gasteiger partial charge in [0, 0.05) is 18.7 Å². The fraction of sp³-hybridized carbons (Fsp3) is 0.467. The molecule has 0 bridgehead atoms. The van der Waals surface area contributed by atoms with Gasteiger partial charge in [-0.15, -0.1) is 0 Å². The van der Waals surface area contributed by atoms with Gasteiger partial charge < -0.3 is 15.7 Å². The standard InChI is InChI=1S/C15H22N2O3/c1-2-3-11-17(12-7-5-4-6-8-12)13(15(19)20)9-10-14(16)18/h4-8,13H,2-3,9-11H2,1H3,(H2,16,18)(H,19,20). The molecule has 0 aliphatic heterocycles. The number of nitrogens with zero attached hydrogens (tertiary/aromatic N) is 1. The highest BCUT2D eigenvalue weighted by molar-refractivity contribution is 5.80. The van der Waals surface area contributed by atoms with E-state index in [1.54, 1.807) is 0 Å². The van der Waals surface area contributed by atoms with Gasteiger partial charge in [-0.3, -0.25) is 4.79 Å². The summed E-state index contributed by atoms with van der Waals surface area (Å²) < 4.78 is 0. The Morgan fingerprint density at radius 1 is 1.30 bits per heavy atom. The lowest BCUT2D eigenvalue weighted by molar-refractivity contribution is -0.138. The maximum Gasteiger partial charge on any atom is 0.326 e. The molecule has 1 unspecified atom stereocenters. The minimum Gasteiger partial charge on any atom is -0.480 e. The number of carboxylic acids is 1. The molecule has 0 heterocycles. The summed E-state index contributed by atoms with van der Waals surface area (Å²) in [6, 6.07) is 8.69. The number of carbonyl (C=O) groups excluding carboxylic acids is 1. The molecule has 20 heavy (non-hydrogen) atoms. The number of unbranched alkanes of at least 4 members (excludes halogenated alkanes) is 1. The van der Waals surface area contributed by atoms with Gasteiger partial charge in [0.15, 0.2) is 0 Å². The predicted molar refractivity (Wildman–Crippen MR) is 78.5 cm³/mol. The van der Waals surface area contributed by atoms with Crippen molar-refractivity contribution in [1.82, 2.24) is 0 Å². The molecule has 1 aromatic rings. The van der Waals surface area contributed by atoms with Crippen LogP contribution < -0.4 is 10.6 Å². The Bertz CT molecular complexity index is 434. The number of hydrogen-bond donors (Lipinski definition) is 2. The Balaban J connectivity index is 2.92. The van der Waals surface area contributed by atoms with E-state index in [0.717, 1.165) is 18.5 Å². The van der Waals surface area contributed by atoms with E-state index in [0.29, 0.717) is 6.54 Å². The van der Waals surface area contributed by atoms with Crippen LogP contribution in [-0.4, -0.2) is 29.6 Å². The second-order valence-corrected chi connectivity index (χ2v) is 4.74. The number of carbonyl (C=O) groups is 2. The third-order valence-electron chi connectivity index (χ3n) is 3.17. The van der Waals surface area contributed by atoms with Gasteiger partial charge in [-0.2, -0.15) is 0 Å². The molecule has 0 saturated heterocycles. The summed E-state index contributed by atoms with van der Waals surface area (Å²) in [5, 5.41) is 9.42. The molecule has 0 spiro atoms. The first kappa shape index (κ1) is 16.0. The van der Waals surface area contributed by atoms with Gasteiger partial charge in [0.1, 0.15) is 6.04 Å². The number of rotatable bonds is 9. The lowest BCUT2D eigenvalue weighted by Crippen LogP contribution is -2.42. The maximum atomic E-state index is 11.5. The number of para-hydroxylation sites is 1. The Labute approximate surface area is 119 Å². The number of benzene rings is 1. The Kier molecular flexibility index (Phi) is 6.56. The van der Waals surface area contributed by atoms with Gasteiger partial charge >= 0.3 is 5.97 Å². The molecule has 1 aromatic carbocycles. The predicted octanol–water partition coefficient (Wildman–Crippen LogP) is 2.01. The molecule has 0 aliphatic carbocycles. The van der Waals surface area contributed by atoms with Gasteiger partial charge in [0.2, 0.25) is 5.91 Å². The maximum absolute atomic E-state index is 11.5. The van der Waals surface area contributed by atoms with Crippen molar-refractivity contribution in [3.8, 4) is 0 Å². The van der Waals surface area contributed by atoms with Gasteiger partial charge in [-0.05, 0) is 25.0 Å². The van der Waals surface area contributed by atoms with Crippen LogP contribution >= 0.6 is 0 Å². The number of primary amides is 1. The summed E-state index contributed by atoms with van der Waals surface area (Å²) in [7, 11) is 0. The Morgan fingerprint density at radius 3 is 2.45 bits per heavy atom. The van der Waals surface area contributed by atoms with Crippen molar-refractivity contribution in [1.29, 1.82) is 0 Å². The van der Waals surface area contributed by atoms with Crippen LogP contribution in [0.1, 0.15) is 32.6 Å². The van der Waals surface area contributed by atoms with Gasteiger partial charge in [-0.25, -0.2) is 4.79 Å². The lowest BCUT2D eigenvalue weighted by atomic mass is 10.1. The zero-order valence-electron chi connectivity index (χ0n) is 11.8. The fourth-order valence-electron chi connectivity index (χ4n) is 2.10. The van der Waals surface area contributed by atoms with Crippen LogP contribution in [-0.2, 0) is 9.59 Å². The summed E-state index contributed by atoms with van der Waals surface area (Å²) in [5.41, 5.74) is 5.99. The largest absolute Gasteiger partial charge is 0.480 e. The summed E-state index contributed by atoms with van der Waals surface area (Å²) in [4.78, 5) is 24.2. The molecule has 3 N–H and O–H groups in total. The van der Waals surface area contributed by atoms with Crippen LogP contribution in [0.4, 0.5) is 5.69 Å². The van der Waals surface area contributed by atoms with Crippen LogP contribution in [0.5, 0.6) is 0 Å². The second kappa shape index (κ2) is 8.19. The lowest BCUT2D eigenvalue weighted by Gasteiger charge is -2.31. The molecular weight excluding hydrogens is 256 g/mol. The number of amides is 1. The molecule has 5 heteroatoms. The van der Waals surface area contributed by atoms with Crippen molar-refractivity contribution in [2.24, 2.45) is 5.73 Å². The average Bonchev–Trinajstić information content (AvgIpc) is 2.42. The summed E-state index contributed by atoms with van der Waals surface area (Å²) in [6.07, 6.45) is 2.18. The molecule has 0 fully saturated rings. The van der Waals surface area contributed by atoms with Gasteiger partial charge in [-0.1, -0.05) is 31.5 Å². The third kappa shape index (κ3) is 4.91. The molecule has 0 saturated carbocycles. The first-order valence-electron chi connectivity index (χ1n) is 6.89. The Hall–Kier alpha value is -2.04. The fourth-order valence-corrected chi connectivity index (χ4v) is 2.10. The number of carboxylic acid groups (broad SMARTS) is 1. The first-order chi connectivity index (χ1) is 9.56. The highest BCUT2D eigenvalue weighted by atomic mass is 16.4. The average molecular weight is 278 g/mol. The number of anilines is 1. The molecule has 1 amide bonds. The second-order valence-electron chi connectivity index (χ2n) is 4.74. The van der Waals surface area contributed by atoms with Crippen molar-refractivity contribution >= 4 is 17.6 Å². The van der Waals surface area contributed by atoms with Gasteiger partial charge in [0.25, 0.3) is 0 Å². The molecule has 0 aliphatic rings. The molecular formula is C15H22N2O3. The highest BCUT2D eigenvalue weighted by Crippen LogP contribution is 2.20. The topological polar surface area (TPSA) is 83.6 Å². The van der Waals surface area contributed by atoms with E-state index in [9.17, 15) is 14.7 Å². The normalized spacial score (nSPS) is 11.8. The van der Waals surface area contributed by atoms with Crippen molar-refractivity contribution in [3.63, 3.8) is 0 Å². The Morgan fingerprint density at radius 2 is 1.95 bits per heavy atom. The zero-order valence-corrected chi connectivity index (χ0v) is 11.8. The zero-order chi connectivity index (χ0) is 15.0. The van der Waals surface area contributed by atoms with Crippen LogP contribution in [0.25, 0.3) is 0 Å². The quantitative estimate of drug-likeness (QED) is 0.723. The van der Waals surface area contributed by atoms with Crippen LogP contribution in [0.2, 0.25) is 0 Å². The third-order valence-corrected chi connectivity index (χ3v) is 3.17. The van der Waals surface area contributed by atoms with Crippen molar-refractivity contribution < 1.29 is 14.7 Å². The van der Waals surface area contributed by atoms with E-state index >= 15 is 0 Å². The number of nitrogens with two attached hydrogens (primary N) is 1. The molecule has 0 aromatic heterocycles. The van der Waals surface area contributed by atoms with Crippen LogP contribution in [0, 0.1) is 0 Å². The van der Waals surface area contributed by atoms with E-state index in [4.69, 9.17) is 5.73 Å². The van der Waals surface area contributed by atoms with Crippen LogP contribution in [0.3, 0.4) is 0 Å². The molecule has 1 rings (SSSR count). The first-order valence-corrected chi connectivity index (χ1v) is 6.89. The van der Waals surface area contributed by atoms with E-state index in [1.165, 1.54) is 0 Å². The smallest absolute Gasteiger partial charge is 0.326 e. The monoisotopic (exact) mass is 278 g/mol. The van der Waals surface area contributed by atoms with Crippen molar-refractivity contribution in [3.05, 3.63) is 30.3 Å².